The highest BCUT2D eigenvalue weighted by atomic mass is 16.8. The van der Waals surface area contributed by atoms with Crippen molar-refractivity contribution in [2.75, 3.05) is 26.4 Å². The van der Waals surface area contributed by atoms with Crippen LogP contribution in [0.5, 0.6) is 23.0 Å². The predicted octanol–water partition coefficient (Wildman–Crippen LogP) is 4.42. The molecule has 4 aromatic carbocycles. The molecule has 4 N–H and O–H groups in total. The zero-order valence-electron chi connectivity index (χ0n) is 69.0. The number of H-pyrrole nitrogens is 4. The molecule has 36 heteroatoms. The van der Waals surface area contributed by atoms with E-state index in [9.17, 15) is 57.5 Å². The van der Waals surface area contributed by atoms with Crippen LogP contribution >= 0.6 is 0 Å². The van der Waals surface area contributed by atoms with Crippen LogP contribution in [0, 0.1) is 0 Å². The topological polar surface area (TPSA) is 453 Å². The van der Waals surface area contributed by atoms with E-state index in [-0.39, 0.29) is 49.4 Å². The number of hydrogen-bond acceptors (Lipinski definition) is 32. The molecule has 8 bridgehead atoms. The van der Waals surface area contributed by atoms with Crippen LogP contribution in [0.4, 0.5) is 0 Å². The molecule has 16 atom stereocenters. The van der Waals surface area contributed by atoms with Crippen LogP contribution in [0.2, 0.25) is 0 Å². The summed E-state index contributed by atoms with van der Waals surface area (Å²) >= 11 is 0. The molecule has 8 aromatic rings. The highest BCUT2D eigenvalue weighted by Crippen LogP contribution is 2.37. The van der Waals surface area contributed by atoms with Gasteiger partial charge in [-0.15, -0.1) is 0 Å². The Morgan fingerprint density at radius 3 is 0.556 bits per heavy atom. The third kappa shape index (κ3) is 21.2. The quantitative estimate of drug-likeness (QED) is 0.0480. The molecule has 0 unspecified atom stereocenters. The third-order valence-electron chi connectivity index (χ3n) is 19.7. The first kappa shape index (κ1) is 88.0. The zero-order valence-corrected chi connectivity index (χ0v) is 69.0. The van der Waals surface area contributed by atoms with E-state index in [1.54, 1.807) is 97.1 Å². The van der Waals surface area contributed by atoms with E-state index in [0.29, 0.717) is 88.7 Å². The number of hydrogen-bond donors (Lipinski definition) is 4. The number of nitrogens with one attached hydrogen (secondary N) is 4. The van der Waals surface area contributed by atoms with Crippen molar-refractivity contribution in [3.63, 3.8) is 0 Å². The first-order valence-electron chi connectivity index (χ1n) is 39.1. The van der Waals surface area contributed by atoms with Crippen LogP contribution in [0.1, 0.15) is 128 Å². The Balaban J connectivity index is 0.968. The summed E-state index contributed by atoms with van der Waals surface area (Å²) in [4.78, 5) is 165. The lowest BCUT2D eigenvalue weighted by atomic mass is 10.0. The SMILES string of the molecule is CC(=O)O[C@@H]1[C@H](Oc2ccc(C3=c4ccc([nH]4)=C(c4ccc(O[C@@H]5OC[C@@H](OC(C)=O)[C@@H](OC(C)=O)[C@@H]5OC(C)=O)cc4)c4ccc([nH]4)C(c4ccc(O[C@@H]5OC[C@@H](OC(C)=O)[C@@H](OC(C)=O)[C@@H]5OC(C)=O)cc4)=c4ccc([nH]4)=C(c4ccc(O[C@@H]5OC[C@@H](OC(C)=O)[C@@H](OC(C)=O)[C@@H]5OC(C)=O)cc4)c4ccc3[nH]4)cc2)OC[C@@H](OC(C)=O)[C@H]1OC(C)=O. The molecule has 124 heavy (non-hydrogen) atoms. The lowest BCUT2D eigenvalue weighted by molar-refractivity contribution is -0.259. The molecular weight excluding hydrogens is 1620 g/mol. The molecule has 0 amide bonds. The van der Waals surface area contributed by atoms with Crippen LogP contribution in [0.25, 0.3) is 22.3 Å². The van der Waals surface area contributed by atoms with E-state index < -0.39 is 170 Å². The molecule has 0 aliphatic carbocycles. The number of fused-ring (bicyclic) bond motifs is 8. The molecule has 0 radical (unpaired) electrons. The van der Waals surface area contributed by atoms with Gasteiger partial charge in [-0.3, -0.25) is 57.5 Å². The molecule has 0 saturated carbocycles. The second-order valence-corrected chi connectivity index (χ2v) is 29.2. The number of aromatic amines is 4. The van der Waals surface area contributed by atoms with Gasteiger partial charge in [0.05, 0.1) is 26.4 Å². The third-order valence-corrected chi connectivity index (χ3v) is 19.7. The van der Waals surface area contributed by atoms with Gasteiger partial charge >= 0.3 is 71.6 Å². The van der Waals surface area contributed by atoms with Crippen molar-refractivity contribution in [3.8, 4) is 23.0 Å². The number of aromatic nitrogens is 4. The molecule has 5 aliphatic rings. The largest absolute Gasteiger partial charge is 0.461 e. The van der Waals surface area contributed by atoms with Crippen molar-refractivity contribution in [2.45, 2.75) is 181 Å². The molecule has 13 rings (SSSR count). The predicted molar refractivity (Wildman–Crippen MR) is 422 cm³/mol. The highest BCUT2D eigenvalue weighted by molar-refractivity contribution is 5.86. The summed E-state index contributed by atoms with van der Waals surface area (Å²) in [7, 11) is 0. The highest BCUT2D eigenvalue weighted by Gasteiger charge is 2.53. The summed E-state index contributed by atoms with van der Waals surface area (Å²) < 4.78 is 117. The van der Waals surface area contributed by atoms with Gasteiger partial charge in [-0.1, -0.05) is 48.5 Å². The van der Waals surface area contributed by atoms with E-state index in [1.807, 2.05) is 48.5 Å². The fourth-order valence-corrected chi connectivity index (χ4v) is 15.1. The van der Waals surface area contributed by atoms with Gasteiger partial charge in [0.1, 0.15) is 23.0 Å². The van der Waals surface area contributed by atoms with Crippen molar-refractivity contribution < 1.29 is 152 Å². The van der Waals surface area contributed by atoms with E-state index in [4.69, 9.17) is 94.7 Å². The number of carbonyl (C=O) groups excluding carboxylic acids is 12. The smallest absolute Gasteiger partial charge is 0.303 e. The van der Waals surface area contributed by atoms with Gasteiger partial charge in [-0.2, -0.15) is 0 Å². The molecule has 36 nitrogen and oxygen atoms in total. The van der Waals surface area contributed by atoms with Crippen LogP contribution < -0.4 is 40.3 Å². The van der Waals surface area contributed by atoms with Gasteiger partial charge in [0.15, 0.2) is 48.8 Å². The molecular formula is C88H88N4O32. The van der Waals surface area contributed by atoms with Crippen LogP contribution in [0.3, 0.4) is 0 Å². The monoisotopic (exact) mass is 1710 g/mol. The molecule has 0 spiro atoms. The summed E-state index contributed by atoms with van der Waals surface area (Å²) in [6.45, 7) is 12.6. The molecule has 4 fully saturated rings. The van der Waals surface area contributed by atoms with Crippen LogP contribution in [-0.2, 0) is 133 Å². The number of benzene rings is 4. The fourth-order valence-electron chi connectivity index (χ4n) is 15.1. The van der Waals surface area contributed by atoms with Gasteiger partial charge in [-0.05, 0) is 119 Å². The maximum atomic E-state index is 12.7. The second-order valence-electron chi connectivity index (χ2n) is 29.2. The normalized spacial score (nSPS) is 24.0. The zero-order chi connectivity index (χ0) is 88.5. The fraction of sp³-hybridized carbons (Fsp3) is 0.364. The average Bonchev–Trinajstić information content (AvgIpc) is 1.58. The van der Waals surface area contributed by atoms with Crippen LogP contribution in [-0.4, -0.2) is 216 Å². The van der Waals surface area contributed by atoms with Crippen molar-refractivity contribution in [3.05, 3.63) is 212 Å². The number of carbonyl (C=O) groups is 12. The van der Waals surface area contributed by atoms with E-state index in [2.05, 4.69) is 19.9 Å². The van der Waals surface area contributed by atoms with Gasteiger partial charge in [-0.25, -0.2) is 0 Å². The Kier molecular flexibility index (Phi) is 27.3. The summed E-state index contributed by atoms with van der Waals surface area (Å²) in [5, 5.41) is 2.21. The lowest BCUT2D eigenvalue weighted by Crippen LogP contribution is -2.59. The minimum absolute atomic E-state index is 0.207. The number of esters is 12. The lowest BCUT2D eigenvalue weighted by Gasteiger charge is -2.40. The maximum absolute atomic E-state index is 12.7. The molecule has 5 aliphatic heterocycles. The van der Waals surface area contributed by atoms with Gasteiger partial charge < -0.3 is 115 Å². The van der Waals surface area contributed by atoms with E-state index >= 15 is 0 Å². The van der Waals surface area contributed by atoms with Gasteiger partial charge in [0.2, 0.25) is 49.6 Å². The van der Waals surface area contributed by atoms with Crippen molar-refractivity contribution in [1.29, 1.82) is 0 Å². The molecule has 9 heterocycles. The van der Waals surface area contributed by atoms with Crippen molar-refractivity contribution in [1.82, 2.24) is 19.9 Å². The van der Waals surface area contributed by atoms with Crippen molar-refractivity contribution in [2.24, 2.45) is 0 Å². The molecule has 4 saturated heterocycles. The second kappa shape index (κ2) is 38.5. The van der Waals surface area contributed by atoms with Gasteiger partial charge in [0, 0.05) is 150 Å². The van der Waals surface area contributed by atoms with E-state index in [0.717, 1.165) is 55.4 Å². The van der Waals surface area contributed by atoms with Crippen molar-refractivity contribution >= 4 is 93.9 Å². The first-order valence-corrected chi connectivity index (χ1v) is 39.1. The Morgan fingerprint density at radius 1 is 0.218 bits per heavy atom. The van der Waals surface area contributed by atoms with Crippen LogP contribution in [0.15, 0.2) is 146 Å². The standard InChI is InChI=1S/C88H88N4O32/c1-41(93)109-69-37-105-85(81(117-49(9)101)77(69)113-45(5)97)121-57-21-13-53(14-22-57)73-61-29-31-63(89-61)74(54-15-23-58(24-16-54)122-86-82(118-50(10)102)78(114-46(6)98)70(38-106-86)110-42(2)94)65-33-35-67(91-65)76(56-19-27-60(28-20-56)124-88-84(120-52(12)104)80(116-48(8)100)72(40-108-88)112-44(4)96)68-36-34-66(92-68)75(64-32-30-62(73)90-64)55-17-25-59(26-18-55)123-87-83(119-51(11)103)79(115-47(7)99)71(39-107-87)111-43(3)95/h13-36,69-72,77-92H,37-40H2,1-12H3/t69-,70-,71-,72-,77-,78-,79-,80-,81+,82+,83+,84+,85+,86+,87+,88+/m1/s1. The summed E-state index contributed by atoms with van der Waals surface area (Å²) in [6, 6.07) is 42.6. The average molecular weight is 1710 g/mol. The van der Waals surface area contributed by atoms with E-state index in [1.165, 1.54) is 27.7 Å². The van der Waals surface area contributed by atoms with Gasteiger partial charge in [0.25, 0.3) is 0 Å². The Hall–Kier alpha value is -13.8. The number of ether oxygens (including phenoxy) is 20. The molecule has 652 valence electrons. The summed E-state index contributed by atoms with van der Waals surface area (Å²) in [5.74, 6) is -8.13. The number of rotatable bonds is 24. The summed E-state index contributed by atoms with van der Waals surface area (Å²) in [6.07, 6.45) is -21.2. The molecule has 4 aromatic heterocycles. The Bertz CT molecular complexity index is 4950. The Labute approximate surface area is 706 Å². The first-order chi connectivity index (χ1) is 59.3. The Morgan fingerprint density at radius 2 is 0.387 bits per heavy atom. The minimum Gasteiger partial charge on any atom is -0.461 e. The summed E-state index contributed by atoms with van der Waals surface area (Å²) in [5.41, 5.74) is 6.99. The minimum atomic E-state index is -1.42. The maximum Gasteiger partial charge on any atom is 0.303 e.